The van der Waals surface area contributed by atoms with Crippen molar-refractivity contribution >= 4 is 17.6 Å². The Morgan fingerprint density at radius 3 is 2.68 bits per heavy atom. The fourth-order valence-electron chi connectivity index (χ4n) is 3.47. The summed E-state index contributed by atoms with van der Waals surface area (Å²) in [4.78, 5) is 4.31. The van der Waals surface area contributed by atoms with Crippen LogP contribution in [-0.2, 0) is 29.0 Å². The fourth-order valence-corrected chi connectivity index (χ4v) is 3.73. The van der Waals surface area contributed by atoms with E-state index in [4.69, 9.17) is 25.8 Å². The van der Waals surface area contributed by atoms with Crippen molar-refractivity contribution in [2.45, 2.75) is 38.5 Å². The molecule has 2 N–H and O–H groups in total. The molecule has 0 saturated carbocycles. The van der Waals surface area contributed by atoms with E-state index < -0.39 is 0 Å². The van der Waals surface area contributed by atoms with Gasteiger partial charge >= 0.3 is 0 Å². The zero-order valence-electron chi connectivity index (χ0n) is 18.3. The summed E-state index contributed by atoms with van der Waals surface area (Å²) in [5.74, 6) is 1.52. The van der Waals surface area contributed by atoms with E-state index in [0.717, 1.165) is 56.3 Å². The van der Waals surface area contributed by atoms with Crippen LogP contribution >= 0.6 is 11.6 Å². The van der Waals surface area contributed by atoms with Gasteiger partial charge in [-0.3, -0.25) is 4.99 Å². The summed E-state index contributed by atoms with van der Waals surface area (Å²) in [7, 11) is 3.41. The van der Waals surface area contributed by atoms with Crippen LogP contribution in [0.1, 0.15) is 29.5 Å². The van der Waals surface area contributed by atoms with Crippen LogP contribution in [-0.4, -0.2) is 46.0 Å². The number of halogens is 1. The molecule has 7 heteroatoms. The van der Waals surface area contributed by atoms with Crippen molar-refractivity contribution in [1.29, 1.82) is 0 Å². The van der Waals surface area contributed by atoms with Gasteiger partial charge in [0.2, 0.25) is 0 Å². The van der Waals surface area contributed by atoms with Gasteiger partial charge in [0.1, 0.15) is 5.75 Å². The Bertz CT molecular complexity index is 854. The molecule has 3 rings (SSSR count). The van der Waals surface area contributed by atoms with E-state index in [1.54, 1.807) is 14.2 Å². The lowest BCUT2D eigenvalue weighted by Crippen LogP contribution is -2.37. The van der Waals surface area contributed by atoms with Crippen molar-refractivity contribution in [2.24, 2.45) is 4.99 Å². The molecule has 0 unspecified atom stereocenters. The second-order valence-electron chi connectivity index (χ2n) is 7.50. The molecule has 1 saturated heterocycles. The van der Waals surface area contributed by atoms with Crippen LogP contribution < -0.4 is 15.4 Å². The molecular formula is C24H32ClN3O3. The molecule has 0 radical (unpaired) electrons. The molecule has 6 nitrogen and oxygen atoms in total. The van der Waals surface area contributed by atoms with Crippen molar-refractivity contribution in [3.63, 3.8) is 0 Å². The van der Waals surface area contributed by atoms with Crippen molar-refractivity contribution in [3.05, 3.63) is 64.2 Å². The normalized spacial score (nSPS) is 15.0. The van der Waals surface area contributed by atoms with Crippen LogP contribution in [0.5, 0.6) is 5.75 Å². The molecule has 0 amide bonds. The van der Waals surface area contributed by atoms with E-state index in [1.807, 2.05) is 18.2 Å². The maximum atomic E-state index is 6.32. The highest BCUT2D eigenvalue weighted by Crippen LogP contribution is 2.22. The first-order valence-corrected chi connectivity index (χ1v) is 11.1. The number of hydrogen-bond acceptors (Lipinski definition) is 4. The van der Waals surface area contributed by atoms with Crippen LogP contribution in [0.25, 0.3) is 0 Å². The topological polar surface area (TPSA) is 64.1 Å². The van der Waals surface area contributed by atoms with E-state index in [-0.39, 0.29) is 0 Å². The van der Waals surface area contributed by atoms with E-state index in [9.17, 15) is 0 Å². The summed E-state index contributed by atoms with van der Waals surface area (Å²) in [6, 6.07) is 14.2. The zero-order chi connectivity index (χ0) is 21.9. The SMILES string of the molecule is CN=C(NCCc1ccc(OC)cc1Cl)NCc1cccc(COC2CCOCC2)c1. The average Bonchev–Trinajstić information content (AvgIpc) is 2.81. The number of aliphatic imine (C=N–C) groups is 1. The van der Waals surface area contributed by atoms with E-state index >= 15 is 0 Å². The van der Waals surface area contributed by atoms with Crippen molar-refractivity contribution < 1.29 is 14.2 Å². The molecule has 1 aliphatic rings. The van der Waals surface area contributed by atoms with Gasteiger partial charge in [-0.1, -0.05) is 41.9 Å². The lowest BCUT2D eigenvalue weighted by atomic mass is 10.1. The minimum Gasteiger partial charge on any atom is -0.497 e. The molecule has 1 fully saturated rings. The van der Waals surface area contributed by atoms with E-state index in [1.165, 1.54) is 11.1 Å². The molecule has 0 aliphatic carbocycles. The van der Waals surface area contributed by atoms with Gasteiger partial charge in [0.25, 0.3) is 0 Å². The number of hydrogen-bond donors (Lipinski definition) is 2. The number of benzene rings is 2. The number of methoxy groups -OCH3 is 1. The Balaban J connectivity index is 1.42. The highest BCUT2D eigenvalue weighted by atomic mass is 35.5. The Kier molecular flexibility index (Phi) is 9.46. The highest BCUT2D eigenvalue weighted by Gasteiger charge is 2.14. The number of guanidine groups is 1. The Morgan fingerprint density at radius 2 is 1.94 bits per heavy atom. The van der Waals surface area contributed by atoms with Crippen molar-refractivity contribution in [3.8, 4) is 5.75 Å². The molecule has 168 valence electrons. The summed E-state index contributed by atoms with van der Waals surface area (Å²) in [6.45, 7) is 3.64. The maximum Gasteiger partial charge on any atom is 0.191 e. The largest absolute Gasteiger partial charge is 0.497 e. The Labute approximate surface area is 190 Å². The lowest BCUT2D eigenvalue weighted by Gasteiger charge is -2.22. The number of rotatable bonds is 9. The molecule has 0 spiro atoms. The van der Waals surface area contributed by atoms with Crippen LogP contribution in [0.3, 0.4) is 0 Å². The summed E-state index contributed by atoms with van der Waals surface area (Å²) >= 11 is 6.32. The highest BCUT2D eigenvalue weighted by molar-refractivity contribution is 6.31. The quantitative estimate of drug-likeness (QED) is 0.452. The molecule has 0 bridgehead atoms. The van der Waals surface area contributed by atoms with Crippen LogP contribution in [0.4, 0.5) is 0 Å². The van der Waals surface area contributed by atoms with Gasteiger partial charge in [-0.05, 0) is 48.1 Å². The Morgan fingerprint density at radius 1 is 1.13 bits per heavy atom. The van der Waals surface area contributed by atoms with Crippen molar-refractivity contribution in [2.75, 3.05) is 33.9 Å². The van der Waals surface area contributed by atoms with E-state index in [2.05, 4.69) is 39.9 Å². The molecule has 2 aromatic carbocycles. The van der Waals surface area contributed by atoms with Crippen molar-refractivity contribution in [1.82, 2.24) is 10.6 Å². The van der Waals surface area contributed by atoms with Gasteiger partial charge < -0.3 is 24.8 Å². The van der Waals surface area contributed by atoms with Gasteiger partial charge in [-0.2, -0.15) is 0 Å². The zero-order valence-corrected chi connectivity index (χ0v) is 19.1. The second-order valence-corrected chi connectivity index (χ2v) is 7.91. The summed E-state index contributed by atoms with van der Waals surface area (Å²) in [5, 5.41) is 7.42. The number of nitrogens with one attached hydrogen (secondary N) is 2. The third-order valence-electron chi connectivity index (χ3n) is 5.28. The molecule has 0 aromatic heterocycles. The third kappa shape index (κ3) is 7.73. The van der Waals surface area contributed by atoms with Gasteiger partial charge in [0.05, 0.1) is 19.8 Å². The molecule has 2 aromatic rings. The number of nitrogens with zero attached hydrogens (tertiary/aromatic N) is 1. The summed E-state index contributed by atoms with van der Waals surface area (Å²) in [6.07, 6.45) is 3.05. The molecular weight excluding hydrogens is 414 g/mol. The molecule has 1 heterocycles. The average molecular weight is 446 g/mol. The molecule has 31 heavy (non-hydrogen) atoms. The second kappa shape index (κ2) is 12.5. The lowest BCUT2D eigenvalue weighted by molar-refractivity contribution is -0.0390. The van der Waals surface area contributed by atoms with Gasteiger partial charge in [-0.15, -0.1) is 0 Å². The summed E-state index contributed by atoms with van der Waals surface area (Å²) < 4.78 is 16.6. The first-order chi connectivity index (χ1) is 15.2. The predicted octanol–water partition coefficient (Wildman–Crippen LogP) is 3.95. The smallest absolute Gasteiger partial charge is 0.191 e. The molecule has 1 aliphatic heterocycles. The first kappa shape index (κ1) is 23.4. The minimum absolute atomic E-state index is 0.303. The van der Waals surface area contributed by atoms with Crippen LogP contribution in [0.2, 0.25) is 5.02 Å². The standard InChI is InChI=1S/C24H32ClN3O3/c1-26-24(27-11-8-20-6-7-22(29-2)15-23(20)25)28-16-18-4-3-5-19(14-18)17-31-21-9-12-30-13-10-21/h3-7,14-15,21H,8-13,16-17H2,1-2H3,(H2,26,27,28). The molecule has 0 atom stereocenters. The van der Waals surface area contributed by atoms with E-state index in [0.29, 0.717) is 24.3 Å². The summed E-state index contributed by atoms with van der Waals surface area (Å²) in [5.41, 5.74) is 3.44. The van der Waals surface area contributed by atoms with Crippen LogP contribution in [0, 0.1) is 0 Å². The minimum atomic E-state index is 0.303. The van der Waals surface area contributed by atoms with Gasteiger partial charge in [-0.25, -0.2) is 0 Å². The van der Waals surface area contributed by atoms with Gasteiger partial charge in [0, 0.05) is 38.4 Å². The maximum absolute atomic E-state index is 6.32. The third-order valence-corrected chi connectivity index (χ3v) is 5.63. The predicted molar refractivity (Wildman–Crippen MR) is 125 cm³/mol. The fraction of sp³-hybridized carbons (Fsp3) is 0.458. The van der Waals surface area contributed by atoms with Gasteiger partial charge in [0.15, 0.2) is 5.96 Å². The first-order valence-electron chi connectivity index (χ1n) is 10.7. The monoisotopic (exact) mass is 445 g/mol. The van der Waals surface area contributed by atoms with Crippen LogP contribution in [0.15, 0.2) is 47.5 Å². The Hall–Kier alpha value is -2.28. The number of ether oxygens (including phenoxy) is 3.